The van der Waals surface area contributed by atoms with Crippen LogP contribution < -0.4 is 0 Å². The van der Waals surface area contributed by atoms with Crippen molar-refractivity contribution in [1.29, 1.82) is 0 Å². The van der Waals surface area contributed by atoms with Gasteiger partial charge >= 0.3 is 0 Å². The minimum absolute atomic E-state index is 0.435. The maximum absolute atomic E-state index is 11.6. The van der Waals surface area contributed by atoms with E-state index in [2.05, 4.69) is 37.3 Å². The van der Waals surface area contributed by atoms with Gasteiger partial charge in [-0.05, 0) is 36.8 Å². The summed E-state index contributed by atoms with van der Waals surface area (Å²) in [6.45, 7) is 2.14. The number of carbonyl (C=O) groups excluding carboxylic acids is 1. The lowest BCUT2D eigenvalue weighted by molar-refractivity contribution is -0.119. The summed E-state index contributed by atoms with van der Waals surface area (Å²) in [5, 5.41) is 0. The van der Waals surface area contributed by atoms with Gasteiger partial charge in [0.25, 0.3) is 0 Å². The molecule has 0 N–H and O–H groups in total. The van der Waals surface area contributed by atoms with E-state index in [-0.39, 0.29) is 0 Å². The van der Waals surface area contributed by atoms with E-state index in [0.717, 1.165) is 25.7 Å². The summed E-state index contributed by atoms with van der Waals surface area (Å²) in [4.78, 5) is 11.6. The quantitative estimate of drug-likeness (QED) is 0.692. The van der Waals surface area contributed by atoms with Crippen molar-refractivity contribution in [3.63, 3.8) is 0 Å². The third-order valence-corrected chi connectivity index (χ3v) is 3.49. The van der Waals surface area contributed by atoms with E-state index in [9.17, 15) is 4.79 Å². The standard InChI is InChI=1S/C16H20O/c1-13(15-8-3-2-4-9-15)11-14-7-5-6-10-16(17)12-14/h2-4,8-9,11,14H,5-7,10,12H2,1H3/b13-11+/t14-/m0/s1. The Morgan fingerprint density at radius 3 is 2.76 bits per heavy atom. The van der Waals surface area contributed by atoms with Gasteiger partial charge in [0.05, 0.1) is 0 Å². The SMILES string of the molecule is C/C(=C\[C@@H]1CCCCC(=O)C1)c1ccccc1. The molecule has 0 unspecified atom stereocenters. The Kier molecular flexibility index (Phi) is 4.13. The molecule has 90 valence electrons. The molecule has 0 spiro atoms. The molecule has 0 heterocycles. The number of benzene rings is 1. The highest BCUT2D eigenvalue weighted by Crippen LogP contribution is 2.25. The Hall–Kier alpha value is -1.37. The zero-order valence-electron chi connectivity index (χ0n) is 10.5. The summed E-state index contributed by atoms with van der Waals surface area (Å²) in [5.41, 5.74) is 2.56. The van der Waals surface area contributed by atoms with Gasteiger partial charge < -0.3 is 0 Å². The predicted octanol–water partition coefficient (Wildman–Crippen LogP) is 4.24. The van der Waals surface area contributed by atoms with Gasteiger partial charge in [0.1, 0.15) is 5.78 Å². The van der Waals surface area contributed by atoms with Gasteiger partial charge in [-0.3, -0.25) is 4.79 Å². The second-order valence-electron chi connectivity index (χ2n) is 4.96. The zero-order valence-corrected chi connectivity index (χ0v) is 10.5. The second kappa shape index (κ2) is 5.81. The maximum atomic E-state index is 11.6. The summed E-state index contributed by atoms with van der Waals surface area (Å²) in [6, 6.07) is 10.4. The van der Waals surface area contributed by atoms with Crippen molar-refractivity contribution in [2.75, 3.05) is 0 Å². The van der Waals surface area contributed by atoms with Crippen LogP contribution >= 0.6 is 0 Å². The first-order chi connectivity index (χ1) is 8.25. The lowest BCUT2D eigenvalue weighted by Crippen LogP contribution is -2.02. The summed E-state index contributed by atoms with van der Waals surface area (Å²) < 4.78 is 0. The summed E-state index contributed by atoms with van der Waals surface area (Å²) in [5.74, 6) is 0.884. The Morgan fingerprint density at radius 2 is 2.00 bits per heavy atom. The van der Waals surface area contributed by atoms with Crippen LogP contribution in [0.1, 0.15) is 44.6 Å². The molecule has 1 heteroatoms. The molecule has 2 rings (SSSR count). The van der Waals surface area contributed by atoms with Crippen molar-refractivity contribution < 1.29 is 4.79 Å². The van der Waals surface area contributed by atoms with Crippen molar-refractivity contribution in [3.8, 4) is 0 Å². The van der Waals surface area contributed by atoms with E-state index >= 15 is 0 Å². The molecule has 1 fully saturated rings. The molecule has 0 amide bonds. The molecule has 0 aliphatic heterocycles. The predicted molar refractivity (Wildman–Crippen MR) is 71.7 cm³/mol. The van der Waals surface area contributed by atoms with Crippen LogP contribution in [0.15, 0.2) is 36.4 Å². The third-order valence-electron chi connectivity index (χ3n) is 3.49. The minimum atomic E-state index is 0.435. The smallest absolute Gasteiger partial charge is 0.133 e. The molecule has 1 aliphatic carbocycles. The highest BCUT2D eigenvalue weighted by molar-refractivity contribution is 5.79. The number of Topliss-reactive ketones (excluding diaryl/α,β-unsaturated/α-hetero) is 1. The number of hydrogen-bond donors (Lipinski definition) is 0. The maximum Gasteiger partial charge on any atom is 0.133 e. The number of hydrogen-bond acceptors (Lipinski definition) is 1. The van der Waals surface area contributed by atoms with Gasteiger partial charge in [-0.2, -0.15) is 0 Å². The number of ketones is 1. The highest BCUT2D eigenvalue weighted by atomic mass is 16.1. The molecule has 1 saturated carbocycles. The van der Waals surface area contributed by atoms with Crippen LogP contribution in [0.3, 0.4) is 0 Å². The van der Waals surface area contributed by atoms with Gasteiger partial charge in [0.2, 0.25) is 0 Å². The third kappa shape index (κ3) is 3.55. The van der Waals surface area contributed by atoms with Crippen LogP contribution in [0.25, 0.3) is 5.57 Å². The van der Waals surface area contributed by atoms with Crippen LogP contribution in [0.5, 0.6) is 0 Å². The van der Waals surface area contributed by atoms with Crippen molar-refractivity contribution in [3.05, 3.63) is 42.0 Å². The number of rotatable bonds is 2. The Balaban J connectivity index is 2.10. The molecule has 1 aromatic carbocycles. The summed E-state index contributed by atoms with van der Waals surface area (Å²) in [6.07, 6.45) is 7.25. The van der Waals surface area contributed by atoms with Crippen LogP contribution in [0.4, 0.5) is 0 Å². The van der Waals surface area contributed by atoms with E-state index in [1.54, 1.807) is 0 Å². The normalized spacial score (nSPS) is 22.3. The average Bonchev–Trinajstić information content (AvgIpc) is 2.55. The lowest BCUT2D eigenvalue weighted by Gasteiger charge is -2.10. The molecule has 0 saturated heterocycles. The summed E-state index contributed by atoms with van der Waals surface area (Å²) in [7, 11) is 0. The van der Waals surface area contributed by atoms with E-state index in [1.165, 1.54) is 17.6 Å². The van der Waals surface area contributed by atoms with Crippen molar-refractivity contribution in [2.45, 2.75) is 39.0 Å². The van der Waals surface area contributed by atoms with Gasteiger partial charge in [-0.25, -0.2) is 0 Å². The van der Waals surface area contributed by atoms with Gasteiger partial charge in [0, 0.05) is 12.8 Å². The number of allylic oxidation sites excluding steroid dienone is 2. The molecule has 1 atom stereocenters. The first-order valence-electron chi connectivity index (χ1n) is 6.51. The van der Waals surface area contributed by atoms with Crippen LogP contribution in [-0.2, 0) is 4.79 Å². The van der Waals surface area contributed by atoms with E-state index in [1.807, 2.05) is 6.07 Å². The minimum Gasteiger partial charge on any atom is -0.300 e. The molecule has 0 aromatic heterocycles. The van der Waals surface area contributed by atoms with E-state index < -0.39 is 0 Å². The van der Waals surface area contributed by atoms with Crippen molar-refractivity contribution in [2.24, 2.45) is 5.92 Å². The molecule has 0 radical (unpaired) electrons. The van der Waals surface area contributed by atoms with Gasteiger partial charge in [0.15, 0.2) is 0 Å². The van der Waals surface area contributed by atoms with E-state index in [0.29, 0.717) is 11.7 Å². The Morgan fingerprint density at radius 1 is 1.24 bits per heavy atom. The topological polar surface area (TPSA) is 17.1 Å². The zero-order chi connectivity index (χ0) is 12.1. The fourth-order valence-electron chi connectivity index (χ4n) is 2.52. The Bertz CT molecular complexity index is 403. The molecule has 1 nitrogen and oxygen atoms in total. The molecule has 17 heavy (non-hydrogen) atoms. The van der Waals surface area contributed by atoms with Gasteiger partial charge in [-0.1, -0.05) is 42.8 Å². The molecule has 1 aromatic rings. The summed E-state index contributed by atoms with van der Waals surface area (Å²) >= 11 is 0. The lowest BCUT2D eigenvalue weighted by atomic mass is 9.95. The molecule has 0 bridgehead atoms. The van der Waals surface area contributed by atoms with Crippen molar-refractivity contribution in [1.82, 2.24) is 0 Å². The fourth-order valence-corrected chi connectivity index (χ4v) is 2.52. The monoisotopic (exact) mass is 228 g/mol. The van der Waals surface area contributed by atoms with Gasteiger partial charge in [-0.15, -0.1) is 0 Å². The average molecular weight is 228 g/mol. The number of carbonyl (C=O) groups is 1. The van der Waals surface area contributed by atoms with E-state index in [4.69, 9.17) is 0 Å². The second-order valence-corrected chi connectivity index (χ2v) is 4.96. The van der Waals surface area contributed by atoms with Crippen molar-refractivity contribution >= 4 is 11.4 Å². The van der Waals surface area contributed by atoms with Crippen LogP contribution in [0.2, 0.25) is 0 Å². The molecular weight excluding hydrogens is 208 g/mol. The largest absolute Gasteiger partial charge is 0.300 e. The van der Waals surface area contributed by atoms with Crippen LogP contribution in [-0.4, -0.2) is 5.78 Å². The fraction of sp³-hybridized carbons (Fsp3) is 0.438. The molecule has 1 aliphatic rings. The molecular formula is C16H20O. The first-order valence-corrected chi connectivity index (χ1v) is 6.51. The van der Waals surface area contributed by atoms with Crippen LogP contribution in [0, 0.1) is 5.92 Å². The Labute approximate surface area is 104 Å². The highest BCUT2D eigenvalue weighted by Gasteiger charge is 2.15. The first kappa shape index (κ1) is 12.1.